The predicted octanol–water partition coefficient (Wildman–Crippen LogP) is 2.16. The van der Waals surface area contributed by atoms with Gasteiger partial charge in [-0.05, 0) is 34.7 Å². The molecule has 0 radical (unpaired) electrons. The van der Waals surface area contributed by atoms with E-state index in [-0.39, 0.29) is 6.04 Å². The minimum atomic E-state index is 0.265. The fourth-order valence-electron chi connectivity index (χ4n) is 1.97. The normalized spacial score (nSPS) is 15.3. The van der Waals surface area contributed by atoms with Crippen molar-refractivity contribution in [1.82, 2.24) is 15.2 Å². The number of nitrogens with two attached hydrogens (primary N) is 1. The van der Waals surface area contributed by atoms with Gasteiger partial charge in [-0.25, -0.2) is 0 Å². The number of aromatic nitrogens is 2. The van der Waals surface area contributed by atoms with Crippen molar-refractivity contribution in [1.29, 1.82) is 0 Å². The van der Waals surface area contributed by atoms with Crippen LogP contribution in [-0.2, 0) is 13.5 Å². The summed E-state index contributed by atoms with van der Waals surface area (Å²) in [5.74, 6) is 6.79. The van der Waals surface area contributed by atoms with Crippen LogP contribution in [0.2, 0.25) is 0 Å². The molecule has 0 aromatic carbocycles. The number of nitrogens with zero attached hydrogens (tertiary/aromatic N) is 2. The van der Waals surface area contributed by atoms with Gasteiger partial charge in [-0.1, -0.05) is 20.8 Å². The summed E-state index contributed by atoms with van der Waals surface area (Å²) < 4.78 is 3.02. The maximum atomic E-state index is 5.67. The summed E-state index contributed by atoms with van der Waals surface area (Å²) in [6, 6.07) is 0.265. The molecule has 0 fully saturated rings. The summed E-state index contributed by atoms with van der Waals surface area (Å²) in [7, 11) is 1.97. The number of rotatable bonds is 5. The molecular weight excluding hydrogens is 280 g/mol. The maximum Gasteiger partial charge on any atom is 0.0738 e. The second kappa shape index (κ2) is 5.98. The quantitative estimate of drug-likeness (QED) is 0.647. The molecule has 3 N–H and O–H groups in total. The standard InChI is InChI=1S/C12H23BrN4/c1-7(2)8(3)10(15-14)6-11-12(13)9(4)16-17(11)5/h7-8,10,15H,6,14H2,1-5H3. The fourth-order valence-corrected chi connectivity index (χ4v) is 2.47. The Labute approximate surface area is 112 Å². The molecule has 0 spiro atoms. The third kappa shape index (κ3) is 3.30. The van der Waals surface area contributed by atoms with Crippen LogP contribution >= 0.6 is 15.9 Å². The lowest BCUT2D eigenvalue weighted by atomic mass is 9.88. The van der Waals surface area contributed by atoms with E-state index >= 15 is 0 Å². The van der Waals surface area contributed by atoms with Gasteiger partial charge >= 0.3 is 0 Å². The molecule has 5 heteroatoms. The number of aryl methyl sites for hydroxylation is 2. The van der Waals surface area contributed by atoms with Gasteiger partial charge in [-0.2, -0.15) is 5.10 Å². The predicted molar refractivity (Wildman–Crippen MR) is 74.5 cm³/mol. The number of halogens is 1. The topological polar surface area (TPSA) is 55.9 Å². The zero-order chi connectivity index (χ0) is 13.2. The number of hydrogen-bond donors (Lipinski definition) is 2. The Balaban J connectivity index is 2.88. The highest BCUT2D eigenvalue weighted by molar-refractivity contribution is 9.10. The van der Waals surface area contributed by atoms with Crippen LogP contribution in [0, 0.1) is 18.8 Å². The number of hydrazine groups is 1. The van der Waals surface area contributed by atoms with Gasteiger partial charge < -0.3 is 0 Å². The van der Waals surface area contributed by atoms with Crippen LogP contribution in [0.5, 0.6) is 0 Å². The van der Waals surface area contributed by atoms with Crippen LogP contribution in [0.4, 0.5) is 0 Å². The van der Waals surface area contributed by atoms with Crippen molar-refractivity contribution in [3.63, 3.8) is 0 Å². The van der Waals surface area contributed by atoms with Crippen molar-refractivity contribution in [2.75, 3.05) is 0 Å². The van der Waals surface area contributed by atoms with Crippen molar-refractivity contribution in [3.8, 4) is 0 Å². The SMILES string of the molecule is Cc1nn(C)c(CC(NN)C(C)C(C)C)c1Br. The Kier molecular flexibility index (Phi) is 5.16. The first kappa shape index (κ1) is 14.7. The molecule has 1 heterocycles. The van der Waals surface area contributed by atoms with E-state index in [1.54, 1.807) is 0 Å². The molecule has 2 atom stereocenters. The summed E-state index contributed by atoms with van der Waals surface area (Å²) in [6.45, 7) is 8.67. The third-order valence-electron chi connectivity index (χ3n) is 3.58. The zero-order valence-corrected chi connectivity index (χ0v) is 12.9. The van der Waals surface area contributed by atoms with E-state index < -0.39 is 0 Å². The first-order valence-corrected chi connectivity index (χ1v) is 6.81. The largest absolute Gasteiger partial charge is 0.271 e. The van der Waals surface area contributed by atoms with Gasteiger partial charge in [0.2, 0.25) is 0 Å². The average molecular weight is 303 g/mol. The van der Waals surface area contributed by atoms with Gasteiger partial charge in [0.05, 0.1) is 15.9 Å². The second-order valence-corrected chi connectivity index (χ2v) is 5.84. The van der Waals surface area contributed by atoms with Gasteiger partial charge in [-0.15, -0.1) is 0 Å². The zero-order valence-electron chi connectivity index (χ0n) is 11.3. The highest BCUT2D eigenvalue weighted by Crippen LogP contribution is 2.24. The Hall–Kier alpha value is -0.390. The first-order chi connectivity index (χ1) is 7.88. The second-order valence-electron chi connectivity index (χ2n) is 5.05. The van der Waals surface area contributed by atoms with E-state index in [4.69, 9.17) is 5.84 Å². The molecule has 0 saturated heterocycles. The molecule has 98 valence electrons. The van der Waals surface area contributed by atoms with Crippen LogP contribution in [-0.4, -0.2) is 15.8 Å². The van der Waals surface area contributed by atoms with Crippen LogP contribution in [0.1, 0.15) is 32.2 Å². The van der Waals surface area contributed by atoms with E-state index in [1.807, 2.05) is 18.7 Å². The van der Waals surface area contributed by atoms with Gasteiger partial charge in [0.25, 0.3) is 0 Å². The van der Waals surface area contributed by atoms with Crippen LogP contribution in [0.15, 0.2) is 4.47 Å². The van der Waals surface area contributed by atoms with Crippen molar-refractivity contribution in [2.45, 2.75) is 40.2 Å². The molecule has 17 heavy (non-hydrogen) atoms. The summed E-state index contributed by atoms with van der Waals surface area (Å²) >= 11 is 3.59. The Morgan fingerprint density at radius 2 is 2.00 bits per heavy atom. The van der Waals surface area contributed by atoms with E-state index in [9.17, 15) is 0 Å². The molecule has 0 aliphatic rings. The fraction of sp³-hybridized carbons (Fsp3) is 0.750. The first-order valence-electron chi connectivity index (χ1n) is 6.02. The molecule has 0 saturated carbocycles. The Bertz CT molecular complexity index is 373. The maximum absolute atomic E-state index is 5.67. The van der Waals surface area contributed by atoms with E-state index in [0.717, 1.165) is 16.6 Å². The average Bonchev–Trinajstić information content (AvgIpc) is 2.50. The third-order valence-corrected chi connectivity index (χ3v) is 4.61. The lowest BCUT2D eigenvalue weighted by Gasteiger charge is -2.26. The summed E-state index contributed by atoms with van der Waals surface area (Å²) in [5, 5.41) is 4.40. The van der Waals surface area contributed by atoms with Crippen LogP contribution in [0.25, 0.3) is 0 Å². The summed E-state index contributed by atoms with van der Waals surface area (Å²) in [5.41, 5.74) is 5.15. The molecule has 1 aromatic rings. The molecule has 0 bridgehead atoms. The van der Waals surface area contributed by atoms with E-state index in [1.165, 1.54) is 5.69 Å². The Morgan fingerprint density at radius 3 is 2.35 bits per heavy atom. The molecular formula is C12H23BrN4. The highest BCUT2D eigenvalue weighted by atomic mass is 79.9. The van der Waals surface area contributed by atoms with Crippen molar-refractivity contribution in [3.05, 3.63) is 15.9 Å². The van der Waals surface area contributed by atoms with E-state index in [2.05, 4.69) is 47.2 Å². The molecule has 1 rings (SSSR count). The van der Waals surface area contributed by atoms with E-state index in [0.29, 0.717) is 11.8 Å². The molecule has 0 amide bonds. The van der Waals surface area contributed by atoms with Gasteiger partial charge in [0.1, 0.15) is 0 Å². The number of hydrogen-bond acceptors (Lipinski definition) is 3. The monoisotopic (exact) mass is 302 g/mol. The highest BCUT2D eigenvalue weighted by Gasteiger charge is 2.22. The summed E-state index contributed by atoms with van der Waals surface area (Å²) in [4.78, 5) is 0. The van der Waals surface area contributed by atoms with Crippen LogP contribution in [0.3, 0.4) is 0 Å². The van der Waals surface area contributed by atoms with Crippen molar-refractivity contribution < 1.29 is 0 Å². The molecule has 2 unspecified atom stereocenters. The number of nitrogens with one attached hydrogen (secondary N) is 1. The lowest BCUT2D eigenvalue weighted by molar-refractivity contribution is 0.295. The van der Waals surface area contributed by atoms with Gasteiger partial charge in [0.15, 0.2) is 0 Å². The molecule has 0 aliphatic carbocycles. The summed E-state index contributed by atoms with van der Waals surface area (Å²) in [6.07, 6.45) is 0.883. The Morgan fingerprint density at radius 1 is 1.41 bits per heavy atom. The van der Waals surface area contributed by atoms with Crippen molar-refractivity contribution in [2.24, 2.45) is 24.7 Å². The lowest BCUT2D eigenvalue weighted by Crippen LogP contribution is -2.43. The van der Waals surface area contributed by atoms with Crippen LogP contribution < -0.4 is 11.3 Å². The minimum Gasteiger partial charge on any atom is -0.271 e. The molecule has 1 aromatic heterocycles. The molecule has 0 aliphatic heterocycles. The molecule has 4 nitrogen and oxygen atoms in total. The van der Waals surface area contributed by atoms with Gasteiger partial charge in [0, 0.05) is 19.5 Å². The minimum absolute atomic E-state index is 0.265. The van der Waals surface area contributed by atoms with Gasteiger partial charge in [-0.3, -0.25) is 16.0 Å². The van der Waals surface area contributed by atoms with Crippen molar-refractivity contribution >= 4 is 15.9 Å². The smallest absolute Gasteiger partial charge is 0.0738 e.